The van der Waals surface area contributed by atoms with Crippen LogP contribution in [0.15, 0.2) is 18.2 Å². The van der Waals surface area contributed by atoms with Crippen molar-refractivity contribution < 1.29 is 4.92 Å². The number of nitrogens with one attached hydrogen (secondary N) is 2. The third-order valence-electron chi connectivity index (χ3n) is 3.41. The summed E-state index contributed by atoms with van der Waals surface area (Å²) in [6, 6.07) is 5.33. The van der Waals surface area contributed by atoms with Gasteiger partial charge in [0.2, 0.25) is 0 Å². The van der Waals surface area contributed by atoms with Crippen molar-refractivity contribution in [2.24, 2.45) is 5.92 Å². The van der Waals surface area contributed by atoms with Crippen molar-refractivity contribution in [1.29, 1.82) is 0 Å². The smallest absolute Gasteiger partial charge is 0.315 e. The maximum Gasteiger partial charge on any atom is 0.315 e. The summed E-state index contributed by atoms with van der Waals surface area (Å²) in [5, 5.41) is 17.3. The van der Waals surface area contributed by atoms with E-state index in [-0.39, 0.29) is 10.6 Å². The number of thioether (sulfide) groups is 1. The molecule has 0 aromatic heterocycles. The molecule has 104 valence electrons. The standard InChI is InChI=1S/C13H19N3O2S/c1-14-11-3-2-4-12(13(11)16(17)18)15-9-10-5-7-19-8-6-10/h2-4,10,14-15H,5-9H2,1H3. The van der Waals surface area contributed by atoms with E-state index in [1.807, 2.05) is 17.8 Å². The maximum atomic E-state index is 11.2. The normalized spacial score (nSPS) is 16.1. The first-order valence-corrected chi connectivity index (χ1v) is 7.64. The molecule has 1 heterocycles. The average Bonchev–Trinajstić information content (AvgIpc) is 2.45. The van der Waals surface area contributed by atoms with Gasteiger partial charge in [0.15, 0.2) is 0 Å². The van der Waals surface area contributed by atoms with Gasteiger partial charge in [-0.05, 0) is 42.4 Å². The van der Waals surface area contributed by atoms with E-state index in [1.54, 1.807) is 19.2 Å². The predicted molar refractivity (Wildman–Crippen MR) is 81.2 cm³/mol. The summed E-state index contributed by atoms with van der Waals surface area (Å²) in [7, 11) is 1.70. The van der Waals surface area contributed by atoms with Crippen LogP contribution >= 0.6 is 11.8 Å². The van der Waals surface area contributed by atoms with Gasteiger partial charge in [-0.1, -0.05) is 6.07 Å². The van der Waals surface area contributed by atoms with E-state index in [9.17, 15) is 10.1 Å². The van der Waals surface area contributed by atoms with Crippen LogP contribution in [0.5, 0.6) is 0 Å². The fourth-order valence-corrected chi connectivity index (χ4v) is 3.49. The van der Waals surface area contributed by atoms with Crippen LogP contribution in [0.3, 0.4) is 0 Å². The lowest BCUT2D eigenvalue weighted by Crippen LogP contribution is -2.19. The Labute approximate surface area is 117 Å². The molecule has 0 unspecified atom stereocenters. The van der Waals surface area contributed by atoms with Crippen LogP contribution in [-0.4, -0.2) is 30.0 Å². The van der Waals surface area contributed by atoms with Gasteiger partial charge in [0, 0.05) is 13.6 Å². The van der Waals surface area contributed by atoms with Crippen molar-refractivity contribution in [3.63, 3.8) is 0 Å². The molecule has 0 amide bonds. The molecule has 2 rings (SSSR count). The highest BCUT2D eigenvalue weighted by molar-refractivity contribution is 7.99. The van der Waals surface area contributed by atoms with Gasteiger partial charge in [-0.15, -0.1) is 0 Å². The fraction of sp³-hybridized carbons (Fsp3) is 0.538. The van der Waals surface area contributed by atoms with Gasteiger partial charge in [-0.2, -0.15) is 11.8 Å². The zero-order chi connectivity index (χ0) is 13.7. The largest absolute Gasteiger partial charge is 0.382 e. The molecule has 1 aromatic carbocycles. The Morgan fingerprint density at radius 3 is 2.68 bits per heavy atom. The summed E-state index contributed by atoms with van der Waals surface area (Å²) in [5.41, 5.74) is 1.29. The molecule has 1 saturated heterocycles. The van der Waals surface area contributed by atoms with Crippen molar-refractivity contribution in [2.45, 2.75) is 12.8 Å². The summed E-state index contributed by atoms with van der Waals surface area (Å²) in [5.74, 6) is 3.02. The Morgan fingerprint density at radius 1 is 1.37 bits per heavy atom. The number of anilines is 2. The van der Waals surface area contributed by atoms with Gasteiger partial charge >= 0.3 is 5.69 Å². The van der Waals surface area contributed by atoms with Crippen LogP contribution in [0.2, 0.25) is 0 Å². The molecule has 1 aromatic rings. The molecule has 0 saturated carbocycles. The van der Waals surface area contributed by atoms with Gasteiger partial charge in [0.1, 0.15) is 11.4 Å². The Morgan fingerprint density at radius 2 is 2.05 bits per heavy atom. The second-order valence-corrected chi connectivity index (χ2v) is 5.87. The van der Waals surface area contributed by atoms with E-state index in [4.69, 9.17) is 0 Å². The topological polar surface area (TPSA) is 67.2 Å². The third-order valence-corrected chi connectivity index (χ3v) is 4.46. The Hall–Kier alpha value is -1.43. The lowest BCUT2D eigenvalue weighted by Gasteiger charge is -2.22. The number of rotatable bonds is 5. The van der Waals surface area contributed by atoms with Crippen LogP contribution in [0.1, 0.15) is 12.8 Å². The number of benzene rings is 1. The number of nitrogens with zero attached hydrogens (tertiary/aromatic N) is 1. The SMILES string of the molecule is CNc1cccc(NCC2CCSCC2)c1[N+](=O)[O-]. The highest BCUT2D eigenvalue weighted by Gasteiger charge is 2.20. The van der Waals surface area contributed by atoms with Crippen molar-refractivity contribution >= 4 is 28.8 Å². The number of hydrogen-bond acceptors (Lipinski definition) is 5. The highest BCUT2D eigenvalue weighted by atomic mass is 32.2. The molecule has 2 N–H and O–H groups in total. The van der Waals surface area contributed by atoms with E-state index in [0.717, 1.165) is 6.54 Å². The average molecular weight is 281 g/mol. The van der Waals surface area contributed by atoms with Crippen LogP contribution < -0.4 is 10.6 Å². The molecule has 1 aliphatic heterocycles. The molecule has 1 fully saturated rings. The van der Waals surface area contributed by atoms with E-state index < -0.39 is 0 Å². The summed E-state index contributed by atoms with van der Waals surface area (Å²) < 4.78 is 0. The number of para-hydroxylation sites is 1. The first kappa shape index (κ1) is 14.0. The second-order valence-electron chi connectivity index (χ2n) is 4.65. The molecule has 6 heteroatoms. The molecule has 1 aliphatic rings. The Kier molecular flexibility index (Phi) is 4.90. The fourth-order valence-electron chi connectivity index (χ4n) is 2.29. The van der Waals surface area contributed by atoms with E-state index >= 15 is 0 Å². The van der Waals surface area contributed by atoms with Crippen LogP contribution in [-0.2, 0) is 0 Å². The molecule has 0 radical (unpaired) electrons. The molecule has 0 spiro atoms. The second kappa shape index (κ2) is 6.65. The molecule has 0 aliphatic carbocycles. The minimum Gasteiger partial charge on any atom is -0.382 e. The van der Waals surface area contributed by atoms with E-state index in [0.29, 0.717) is 17.3 Å². The minimum atomic E-state index is -0.328. The zero-order valence-electron chi connectivity index (χ0n) is 11.0. The van der Waals surface area contributed by atoms with Gasteiger partial charge in [0.05, 0.1) is 4.92 Å². The quantitative estimate of drug-likeness (QED) is 0.641. The minimum absolute atomic E-state index is 0.134. The molecule has 19 heavy (non-hydrogen) atoms. The Bertz CT molecular complexity index is 448. The number of nitro benzene ring substituents is 1. The van der Waals surface area contributed by atoms with Crippen LogP contribution in [0.25, 0.3) is 0 Å². The lowest BCUT2D eigenvalue weighted by atomic mass is 10.0. The first-order chi connectivity index (χ1) is 9.22. The van der Waals surface area contributed by atoms with E-state index in [1.165, 1.54) is 24.3 Å². The zero-order valence-corrected chi connectivity index (χ0v) is 11.8. The molecular formula is C13H19N3O2S. The highest BCUT2D eigenvalue weighted by Crippen LogP contribution is 2.33. The summed E-state index contributed by atoms with van der Waals surface area (Å²) in [6.07, 6.45) is 2.38. The first-order valence-electron chi connectivity index (χ1n) is 6.49. The molecule has 0 atom stereocenters. The summed E-state index contributed by atoms with van der Waals surface area (Å²) in [4.78, 5) is 10.8. The summed E-state index contributed by atoms with van der Waals surface area (Å²) in [6.45, 7) is 0.814. The van der Waals surface area contributed by atoms with Crippen molar-refractivity contribution in [2.75, 3.05) is 35.7 Å². The Balaban J connectivity index is 2.08. The van der Waals surface area contributed by atoms with Crippen molar-refractivity contribution in [3.8, 4) is 0 Å². The van der Waals surface area contributed by atoms with Crippen molar-refractivity contribution in [1.82, 2.24) is 0 Å². The van der Waals surface area contributed by atoms with Crippen LogP contribution in [0, 0.1) is 16.0 Å². The van der Waals surface area contributed by atoms with Gasteiger partial charge in [-0.3, -0.25) is 10.1 Å². The maximum absolute atomic E-state index is 11.2. The van der Waals surface area contributed by atoms with Gasteiger partial charge in [0.25, 0.3) is 0 Å². The number of hydrogen-bond donors (Lipinski definition) is 2. The van der Waals surface area contributed by atoms with Crippen LogP contribution in [0.4, 0.5) is 17.1 Å². The monoisotopic (exact) mass is 281 g/mol. The third kappa shape index (κ3) is 3.53. The molecular weight excluding hydrogens is 262 g/mol. The summed E-state index contributed by atoms with van der Waals surface area (Å²) >= 11 is 1.99. The van der Waals surface area contributed by atoms with E-state index in [2.05, 4.69) is 10.6 Å². The lowest BCUT2D eigenvalue weighted by molar-refractivity contribution is -0.383. The van der Waals surface area contributed by atoms with Gasteiger partial charge in [-0.25, -0.2) is 0 Å². The number of nitro groups is 1. The molecule has 5 nitrogen and oxygen atoms in total. The predicted octanol–water partition coefficient (Wildman–Crippen LogP) is 3.19. The van der Waals surface area contributed by atoms with Gasteiger partial charge < -0.3 is 10.6 Å². The van der Waals surface area contributed by atoms with Crippen molar-refractivity contribution in [3.05, 3.63) is 28.3 Å². The molecule has 0 bridgehead atoms.